The molecule has 0 bridgehead atoms. The maximum Gasteiger partial charge on any atom is 0.0995 e. The van der Waals surface area contributed by atoms with Crippen LogP contribution in [0.1, 0.15) is 55.0 Å². The molecule has 2 unspecified atom stereocenters. The Morgan fingerprint density at radius 2 is 1.53 bits per heavy atom. The van der Waals surface area contributed by atoms with Crippen molar-refractivity contribution in [1.29, 1.82) is 10.5 Å². The third kappa shape index (κ3) is 3.59. The summed E-state index contributed by atoms with van der Waals surface area (Å²) in [6, 6.07) is 34.3. The maximum absolute atomic E-state index is 10.4. The molecule has 4 aromatic carbocycles. The number of hydrogen-bond donors (Lipinski definition) is 0. The molecular formula is C38H23N3S2. The fraction of sp³-hybridized carbons (Fsp3) is 0.105. The van der Waals surface area contributed by atoms with Crippen molar-refractivity contribution in [2.45, 2.75) is 29.6 Å². The molecule has 3 nitrogen and oxygen atoms in total. The van der Waals surface area contributed by atoms with Crippen molar-refractivity contribution in [3.8, 4) is 17.8 Å². The van der Waals surface area contributed by atoms with Crippen LogP contribution in [-0.2, 0) is 12.8 Å². The minimum absolute atomic E-state index is 0.0813. The fourth-order valence-corrected chi connectivity index (χ4v) is 9.90. The van der Waals surface area contributed by atoms with Gasteiger partial charge in [0.1, 0.15) is 0 Å². The van der Waals surface area contributed by atoms with Crippen molar-refractivity contribution >= 4 is 57.1 Å². The molecule has 202 valence electrons. The standard InChI is InChI=1S/C38H23N3S2/c39-20-22-12-14-34-27(16-22)29-18-30-28-17-23(13-15-35(28)43-37(30)19-36(29)42-34)38-24(21-40)6-5-11-33(38)41-31-9-3-1-7-25(31)26-8-2-4-10-32(26)41/h1-16,19,23,29H,17-18H2. The number of thiophene rings is 1. The molecule has 0 spiro atoms. The molecule has 9 rings (SSSR count). The van der Waals surface area contributed by atoms with Crippen LogP contribution in [0.3, 0.4) is 0 Å². The van der Waals surface area contributed by atoms with Gasteiger partial charge in [0.05, 0.1) is 40.0 Å². The molecule has 2 atom stereocenters. The highest BCUT2D eigenvalue weighted by Gasteiger charge is 2.36. The van der Waals surface area contributed by atoms with Crippen LogP contribution in [0.2, 0.25) is 0 Å². The minimum Gasteiger partial charge on any atom is -0.309 e. The largest absolute Gasteiger partial charge is 0.309 e. The van der Waals surface area contributed by atoms with Crippen LogP contribution in [-0.4, -0.2) is 4.57 Å². The normalized spacial score (nSPS) is 18.0. The van der Waals surface area contributed by atoms with Crippen molar-refractivity contribution in [2.24, 2.45) is 0 Å². The number of benzene rings is 4. The molecule has 0 amide bonds. The van der Waals surface area contributed by atoms with E-state index in [0.29, 0.717) is 5.92 Å². The molecule has 3 aliphatic rings. The summed E-state index contributed by atoms with van der Waals surface area (Å²) in [5, 5.41) is 22.3. The summed E-state index contributed by atoms with van der Waals surface area (Å²) in [4.78, 5) is 5.36. The van der Waals surface area contributed by atoms with Gasteiger partial charge in [-0.3, -0.25) is 0 Å². The van der Waals surface area contributed by atoms with Crippen LogP contribution < -0.4 is 0 Å². The van der Waals surface area contributed by atoms with E-state index < -0.39 is 0 Å². The quantitative estimate of drug-likeness (QED) is 0.203. The van der Waals surface area contributed by atoms with Crippen LogP contribution in [0.25, 0.3) is 39.6 Å². The summed E-state index contributed by atoms with van der Waals surface area (Å²) in [6.45, 7) is 0. The van der Waals surface area contributed by atoms with Gasteiger partial charge in [-0.2, -0.15) is 10.5 Å². The van der Waals surface area contributed by atoms with Crippen LogP contribution in [0, 0.1) is 22.7 Å². The van der Waals surface area contributed by atoms with Gasteiger partial charge < -0.3 is 4.57 Å². The molecular weight excluding hydrogens is 563 g/mol. The Bertz CT molecular complexity index is 2260. The lowest BCUT2D eigenvalue weighted by molar-refractivity contribution is 0.772. The van der Waals surface area contributed by atoms with E-state index in [-0.39, 0.29) is 5.92 Å². The number of rotatable bonds is 2. The number of allylic oxidation sites excluding steroid dienone is 2. The van der Waals surface area contributed by atoms with Crippen molar-refractivity contribution in [3.05, 3.63) is 139 Å². The maximum atomic E-state index is 10.4. The first-order chi connectivity index (χ1) is 21.2. The van der Waals surface area contributed by atoms with Gasteiger partial charge in [0.25, 0.3) is 0 Å². The van der Waals surface area contributed by atoms with Gasteiger partial charge >= 0.3 is 0 Å². The zero-order valence-electron chi connectivity index (χ0n) is 23.0. The minimum atomic E-state index is 0.0813. The van der Waals surface area contributed by atoms with Crippen LogP contribution in [0.4, 0.5) is 0 Å². The molecule has 0 saturated heterocycles. The molecule has 0 saturated carbocycles. The van der Waals surface area contributed by atoms with Crippen LogP contribution in [0.5, 0.6) is 0 Å². The Labute approximate surface area is 257 Å². The molecule has 3 heterocycles. The van der Waals surface area contributed by atoms with Gasteiger partial charge in [0.15, 0.2) is 0 Å². The molecule has 0 fully saturated rings. The summed E-state index contributed by atoms with van der Waals surface area (Å²) in [7, 11) is 0. The van der Waals surface area contributed by atoms with Crippen LogP contribution >= 0.6 is 23.1 Å². The van der Waals surface area contributed by atoms with E-state index in [1.807, 2.05) is 41.3 Å². The Balaban J connectivity index is 1.17. The second-order valence-corrected chi connectivity index (χ2v) is 13.6. The Hall–Kier alpha value is -4.81. The predicted molar refractivity (Wildman–Crippen MR) is 177 cm³/mol. The molecule has 2 aromatic heterocycles. The zero-order valence-corrected chi connectivity index (χ0v) is 24.7. The highest BCUT2D eigenvalue weighted by atomic mass is 32.2. The average Bonchev–Trinajstić information content (AvgIpc) is 3.71. The van der Waals surface area contributed by atoms with Gasteiger partial charge in [-0.1, -0.05) is 60.3 Å². The molecule has 1 aliphatic heterocycles. The summed E-state index contributed by atoms with van der Waals surface area (Å²) >= 11 is 3.74. The lowest BCUT2D eigenvalue weighted by Gasteiger charge is -2.25. The van der Waals surface area contributed by atoms with E-state index in [4.69, 9.17) is 0 Å². The topological polar surface area (TPSA) is 52.5 Å². The van der Waals surface area contributed by atoms with Crippen molar-refractivity contribution in [3.63, 3.8) is 0 Å². The zero-order chi connectivity index (χ0) is 28.7. The monoisotopic (exact) mass is 585 g/mol. The molecule has 0 N–H and O–H groups in total. The number of para-hydroxylation sites is 2. The lowest BCUT2D eigenvalue weighted by Crippen LogP contribution is -2.13. The van der Waals surface area contributed by atoms with Gasteiger partial charge in [-0.15, -0.1) is 11.3 Å². The predicted octanol–water partition coefficient (Wildman–Crippen LogP) is 9.73. The highest BCUT2D eigenvalue weighted by molar-refractivity contribution is 8.03. The first-order valence-corrected chi connectivity index (χ1v) is 16.1. The molecule has 0 radical (unpaired) electrons. The number of fused-ring (bicyclic) bond motifs is 9. The highest BCUT2D eigenvalue weighted by Crippen LogP contribution is 2.55. The van der Waals surface area contributed by atoms with Crippen molar-refractivity contribution in [2.75, 3.05) is 0 Å². The first kappa shape index (κ1) is 24.8. The van der Waals surface area contributed by atoms with Crippen molar-refractivity contribution < 1.29 is 0 Å². The number of hydrogen-bond acceptors (Lipinski definition) is 4. The van der Waals surface area contributed by atoms with E-state index in [0.717, 1.165) is 46.3 Å². The Morgan fingerprint density at radius 3 is 2.30 bits per heavy atom. The molecule has 6 aromatic rings. The Morgan fingerprint density at radius 1 is 0.767 bits per heavy atom. The van der Waals surface area contributed by atoms with Gasteiger partial charge in [-0.05, 0) is 89.1 Å². The lowest BCUT2D eigenvalue weighted by atomic mass is 9.80. The van der Waals surface area contributed by atoms with E-state index in [2.05, 4.69) is 102 Å². The average molecular weight is 586 g/mol. The SMILES string of the molecule is N#Cc1ccc2c(c1)C1Cc3c(sc4c3CC(c3c(C#N)cccc3-n3c5ccccc5c5ccccc53)C=C4)C=C1S2. The fourth-order valence-electron chi connectivity index (χ4n) is 7.35. The molecule has 43 heavy (non-hydrogen) atoms. The third-order valence-electron chi connectivity index (χ3n) is 9.25. The van der Waals surface area contributed by atoms with Gasteiger partial charge in [0.2, 0.25) is 0 Å². The second-order valence-electron chi connectivity index (χ2n) is 11.4. The Kier molecular flexibility index (Phi) is 5.38. The van der Waals surface area contributed by atoms with Gasteiger partial charge in [0, 0.05) is 42.8 Å². The van der Waals surface area contributed by atoms with E-state index in [9.17, 15) is 10.5 Å². The smallest absolute Gasteiger partial charge is 0.0995 e. The summed E-state index contributed by atoms with van der Waals surface area (Å²) in [6.07, 6.45) is 8.82. The van der Waals surface area contributed by atoms with E-state index >= 15 is 0 Å². The van der Waals surface area contributed by atoms with E-state index in [1.54, 1.807) is 0 Å². The molecule has 5 heteroatoms. The number of thioether (sulfide) groups is 1. The van der Waals surface area contributed by atoms with Gasteiger partial charge in [-0.25, -0.2) is 0 Å². The molecule has 2 aliphatic carbocycles. The number of nitrogens with zero attached hydrogens (tertiary/aromatic N) is 3. The van der Waals surface area contributed by atoms with Crippen molar-refractivity contribution in [1.82, 2.24) is 4.57 Å². The summed E-state index contributed by atoms with van der Waals surface area (Å²) in [5.41, 5.74) is 10.1. The summed E-state index contributed by atoms with van der Waals surface area (Å²) in [5.74, 6) is 0.390. The number of aromatic nitrogens is 1. The first-order valence-electron chi connectivity index (χ1n) is 14.5. The second kappa shape index (κ2) is 9.35. The van der Waals surface area contributed by atoms with Crippen LogP contribution in [0.15, 0.2) is 101 Å². The third-order valence-corrected chi connectivity index (χ3v) is 11.7. The van der Waals surface area contributed by atoms with E-state index in [1.165, 1.54) is 47.0 Å². The number of nitriles is 2. The summed E-state index contributed by atoms with van der Waals surface area (Å²) < 4.78 is 2.35.